The zero-order valence-corrected chi connectivity index (χ0v) is 13.5. The number of aromatic nitrogens is 4. The summed E-state index contributed by atoms with van der Waals surface area (Å²) >= 11 is 0. The van der Waals surface area contributed by atoms with Gasteiger partial charge in [-0.25, -0.2) is 9.67 Å². The first-order valence-corrected chi connectivity index (χ1v) is 8.11. The highest BCUT2D eigenvalue weighted by Crippen LogP contribution is 2.24. The molecule has 0 saturated carbocycles. The lowest BCUT2D eigenvalue weighted by atomic mass is 10.2. The van der Waals surface area contributed by atoms with E-state index < -0.39 is 6.10 Å². The Balaban J connectivity index is 1.39. The van der Waals surface area contributed by atoms with E-state index in [-0.39, 0.29) is 6.61 Å². The molecule has 4 aromatic rings. The van der Waals surface area contributed by atoms with Gasteiger partial charge >= 0.3 is 0 Å². The number of hydrogen-bond donors (Lipinski definition) is 2. The van der Waals surface area contributed by atoms with Crippen molar-refractivity contribution < 1.29 is 9.84 Å². The first-order chi connectivity index (χ1) is 12.3. The van der Waals surface area contributed by atoms with Crippen molar-refractivity contribution in [3.05, 3.63) is 67.1 Å². The topological polar surface area (TPSA) is 76.0 Å². The minimum atomic E-state index is -0.681. The van der Waals surface area contributed by atoms with Crippen molar-refractivity contribution in [2.75, 3.05) is 6.61 Å². The molecule has 0 aliphatic carbocycles. The molecule has 25 heavy (non-hydrogen) atoms. The van der Waals surface area contributed by atoms with Crippen molar-refractivity contribution in [1.29, 1.82) is 0 Å². The van der Waals surface area contributed by atoms with Gasteiger partial charge in [0.05, 0.1) is 6.54 Å². The highest BCUT2D eigenvalue weighted by Gasteiger charge is 2.11. The number of fused-ring (bicyclic) bond motifs is 1. The summed E-state index contributed by atoms with van der Waals surface area (Å²) in [6.45, 7) is 0.508. The fourth-order valence-corrected chi connectivity index (χ4v) is 2.74. The Morgan fingerprint density at radius 2 is 1.96 bits per heavy atom. The predicted octanol–water partition coefficient (Wildman–Crippen LogP) is 2.87. The summed E-state index contributed by atoms with van der Waals surface area (Å²) in [6, 6.07) is 17.5. The van der Waals surface area contributed by atoms with Gasteiger partial charge in [0.15, 0.2) is 5.82 Å². The second-order valence-electron chi connectivity index (χ2n) is 5.82. The monoisotopic (exact) mass is 334 g/mol. The van der Waals surface area contributed by atoms with Crippen LogP contribution in [0, 0.1) is 0 Å². The van der Waals surface area contributed by atoms with E-state index in [1.54, 1.807) is 11.0 Å². The van der Waals surface area contributed by atoms with Gasteiger partial charge in [0.2, 0.25) is 0 Å². The van der Waals surface area contributed by atoms with Crippen LogP contribution in [0.25, 0.3) is 22.3 Å². The second kappa shape index (κ2) is 6.78. The number of nitrogens with zero attached hydrogens (tertiary/aromatic N) is 3. The molecule has 0 amide bonds. The van der Waals surface area contributed by atoms with Gasteiger partial charge in [0.1, 0.15) is 24.8 Å². The zero-order valence-electron chi connectivity index (χ0n) is 13.5. The Labute approximate surface area is 144 Å². The number of aliphatic hydroxyl groups excluding tert-OH is 1. The normalized spacial score (nSPS) is 12.4. The lowest BCUT2D eigenvalue weighted by molar-refractivity contribution is 0.0900. The van der Waals surface area contributed by atoms with E-state index in [9.17, 15) is 5.11 Å². The lowest BCUT2D eigenvalue weighted by Crippen LogP contribution is -2.24. The van der Waals surface area contributed by atoms with Crippen LogP contribution < -0.4 is 4.74 Å². The third-order valence-electron chi connectivity index (χ3n) is 3.95. The van der Waals surface area contributed by atoms with Gasteiger partial charge in [-0.2, -0.15) is 5.10 Å². The quantitative estimate of drug-likeness (QED) is 0.568. The summed E-state index contributed by atoms with van der Waals surface area (Å²) in [7, 11) is 0. The molecule has 126 valence electrons. The molecule has 6 heteroatoms. The number of aromatic amines is 1. The molecule has 1 atom stereocenters. The minimum Gasteiger partial charge on any atom is -0.490 e. The fraction of sp³-hybridized carbons (Fsp3) is 0.158. The summed E-state index contributed by atoms with van der Waals surface area (Å²) in [6.07, 6.45) is 2.81. The van der Waals surface area contributed by atoms with Crippen LogP contribution in [-0.4, -0.2) is 37.6 Å². The largest absolute Gasteiger partial charge is 0.490 e. The maximum Gasteiger partial charge on any atom is 0.181 e. The average Bonchev–Trinajstić information content (AvgIpc) is 3.30. The van der Waals surface area contributed by atoms with Gasteiger partial charge < -0.3 is 14.8 Å². The maximum atomic E-state index is 10.2. The molecule has 0 spiro atoms. The van der Waals surface area contributed by atoms with E-state index in [0.717, 1.165) is 22.2 Å². The molecule has 2 aromatic heterocycles. The van der Waals surface area contributed by atoms with Crippen LogP contribution in [0.5, 0.6) is 5.75 Å². The smallest absolute Gasteiger partial charge is 0.181 e. The number of nitrogens with one attached hydrogen (secondary N) is 1. The Morgan fingerprint density at radius 3 is 2.84 bits per heavy atom. The second-order valence-corrected chi connectivity index (χ2v) is 5.82. The minimum absolute atomic E-state index is 0.185. The summed E-state index contributed by atoms with van der Waals surface area (Å²) in [4.78, 5) is 7.43. The highest BCUT2D eigenvalue weighted by atomic mass is 16.5. The van der Waals surface area contributed by atoms with Crippen molar-refractivity contribution in [2.24, 2.45) is 0 Å². The molecule has 2 aromatic carbocycles. The molecular formula is C19H18N4O2. The van der Waals surface area contributed by atoms with Crippen molar-refractivity contribution >= 4 is 10.9 Å². The zero-order chi connectivity index (χ0) is 17.1. The average molecular weight is 334 g/mol. The van der Waals surface area contributed by atoms with E-state index in [1.165, 1.54) is 0 Å². The summed E-state index contributed by atoms with van der Waals surface area (Å²) in [5, 5.41) is 15.6. The van der Waals surface area contributed by atoms with Gasteiger partial charge in [-0.3, -0.25) is 0 Å². The molecule has 0 saturated heterocycles. The first-order valence-electron chi connectivity index (χ1n) is 8.11. The molecular weight excluding hydrogens is 316 g/mol. The van der Waals surface area contributed by atoms with E-state index in [0.29, 0.717) is 12.4 Å². The standard InChI is InChI=1S/C19H18N4O2/c24-15(12-25-18-8-4-7-17-16(18)9-10-20-17)11-23-13-21-19(22-23)14-5-2-1-3-6-14/h1-10,13,15,20,24H,11-12H2. The fourth-order valence-electron chi connectivity index (χ4n) is 2.74. The van der Waals surface area contributed by atoms with Gasteiger partial charge in [-0.05, 0) is 18.2 Å². The summed E-state index contributed by atoms with van der Waals surface area (Å²) < 4.78 is 7.40. The van der Waals surface area contributed by atoms with Crippen LogP contribution in [0.4, 0.5) is 0 Å². The number of benzene rings is 2. The maximum absolute atomic E-state index is 10.2. The number of ether oxygens (including phenoxy) is 1. The Kier molecular flexibility index (Phi) is 4.18. The lowest BCUT2D eigenvalue weighted by Gasteiger charge is -2.12. The number of rotatable bonds is 6. The molecule has 4 rings (SSSR count). The molecule has 2 N–H and O–H groups in total. The predicted molar refractivity (Wildman–Crippen MR) is 95.3 cm³/mol. The molecule has 2 heterocycles. The van der Waals surface area contributed by atoms with Crippen LogP contribution in [0.2, 0.25) is 0 Å². The van der Waals surface area contributed by atoms with E-state index in [4.69, 9.17) is 4.74 Å². The number of hydrogen-bond acceptors (Lipinski definition) is 4. The van der Waals surface area contributed by atoms with E-state index in [1.807, 2.05) is 60.8 Å². The number of aliphatic hydroxyl groups is 1. The van der Waals surface area contributed by atoms with E-state index >= 15 is 0 Å². The van der Waals surface area contributed by atoms with E-state index in [2.05, 4.69) is 15.1 Å². The Bertz CT molecular complexity index is 962. The van der Waals surface area contributed by atoms with Gasteiger partial charge in [0, 0.05) is 22.7 Å². The van der Waals surface area contributed by atoms with Crippen LogP contribution in [0.1, 0.15) is 0 Å². The molecule has 0 fully saturated rings. The third kappa shape index (κ3) is 3.39. The third-order valence-corrected chi connectivity index (χ3v) is 3.95. The summed E-state index contributed by atoms with van der Waals surface area (Å²) in [5.74, 6) is 1.40. The molecule has 0 radical (unpaired) electrons. The van der Waals surface area contributed by atoms with Crippen LogP contribution >= 0.6 is 0 Å². The Morgan fingerprint density at radius 1 is 1.08 bits per heavy atom. The van der Waals surface area contributed by atoms with Gasteiger partial charge in [0.25, 0.3) is 0 Å². The van der Waals surface area contributed by atoms with Crippen molar-refractivity contribution in [3.63, 3.8) is 0 Å². The SMILES string of the molecule is OC(COc1cccc2[nH]ccc12)Cn1cnc(-c2ccccc2)n1. The molecule has 6 nitrogen and oxygen atoms in total. The van der Waals surface area contributed by atoms with Gasteiger partial charge in [-0.1, -0.05) is 36.4 Å². The van der Waals surface area contributed by atoms with Crippen molar-refractivity contribution in [3.8, 4) is 17.1 Å². The summed E-state index contributed by atoms with van der Waals surface area (Å²) in [5.41, 5.74) is 1.96. The molecule has 0 aliphatic rings. The Hall–Kier alpha value is -3.12. The molecule has 1 unspecified atom stereocenters. The highest BCUT2D eigenvalue weighted by molar-refractivity contribution is 5.85. The van der Waals surface area contributed by atoms with Crippen LogP contribution in [0.3, 0.4) is 0 Å². The number of H-pyrrole nitrogens is 1. The van der Waals surface area contributed by atoms with Crippen molar-refractivity contribution in [2.45, 2.75) is 12.6 Å². The van der Waals surface area contributed by atoms with Crippen molar-refractivity contribution in [1.82, 2.24) is 19.7 Å². The molecule has 0 aliphatic heterocycles. The first kappa shape index (κ1) is 15.4. The molecule has 0 bridgehead atoms. The van der Waals surface area contributed by atoms with Gasteiger partial charge in [-0.15, -0.1) is 0 Å². The van der Waals surface area contributed by atoms with Crippen LogP contribution in [0.15, 0.2) is 67.1 Å². The van der Waals surface area contributed by atoms with Crippen LogP contribution in [-0.2, 0) is 6.54 Å².